The van der Waals surface area contributed by atoms with Crippen molar-refractivity contribution >= 4 is 23.3 Å². The number of carbonyl (C=O) groups is 1. The molecular weight excluding hydrogens is 214 g/mol. The molecule has 0 bridgehead atoms. The fraction of sp³-hybridized carbons (Fsp3) is 0.400. The van der Waals surface area contributed by atoms with Crippen LogP contribution in [0.5, 0.6) is 0 Å². The Balaban J connectivity index is 1.81. The quantitative estimate of drug-likeness (QED) is 0.815. The lowest BCUT2D eigenvalue weighted by molar-refractivity contribution is -0.115. The second kappa shape index (κ2) is 4.59. The van der Waals surface area contributed by atoms with Gasteiger partial charge in [0, 0.05) is 17.3 Å². The standard InChI is InChI=1S/C10H12ClN3O/c11-7-3-4-12-9(5-7)14-10(15)6-13-8-1-2-8/h3-5,8,13H,1-2,6H2,(H,12,14,15). The minimum atomic E-state index is -0.0864. The molecule has 2 N–H and O–H groups in total. The molecule has 1 heterocycles. The Morgan fingerprint density at radius 2 is 2.40 bits per heavy atom. The van der Waals surface area contributed by atoms with E-state index in [1.54, 1.807) is 18.3 Å². The van der Waals surface area contributed by atoms with Crippen LogP contribution < -0.4 is 10.6 Å². The number of hydrogen-bond donors (Lipinski definition) is 2. The van der Waals surface area contributed by atoms with E-state index in [9.17, 15) is 4.79 Å². The predicted molar refractivity (Wildman–Crippen MR) is 58.9 cm³/mol. The molecule has 15 heavy (non-hydrogen) atoms. The van der Waals surface area contributed by atoms with Gasteiger partial charge in [0.25, 0.3) is 0 Å². The molecule has 0 spiro atoms. The highest BCUT2D eigenvalue weighted by molar-refractivity contribution is 6.30. The lowest BCUT2D eigenvalue weighted by Gasteiger charge is -2.04. The molecule has 1 aromatic rings. The van der Waals surface area contributed by atoms with E-state index in [1.165, 1.54) is 12.8 Å². The first-order valence-corrected chi connectivity index (χ1v) is 5.26. The molecule has 1 aliphatic rings. The van der Waals surface area contributed by atoms with Crippen LogP contribution in [0.15, 0.2) is 18.3 Å². The minimum Gasteiger partial charge on any atom is -0.310 e. The van der Waals surface area contributed by atoms with Crippen molar-refractivity contribution in [3.63, 3.8) is 0 Å². The van der Waals surface area contributed by atoms with E-state index in [2.05, 4.69) is 15.6 Å². The van der Waals surface area contributed by atoms with E-state index in [0.717, 1.165) is 0 Å². The van der Waals surface area contributed by atoms with Gasteiger partial charge in [0.05, 0.1) is 6.54 Å². The number of pyridine rings is 1. The van der Waals surface area contributed by atoms with Crippen molar-refractivity contribution in [1.82, 2.24) is 10.3 Å². The molecule has 2 rings (SSSR count). The van der Waals surface area contributed by atoms with Crippen LogP contribution in [0.1, 0.15) is 12.8 Å². The number of rotatable bonds is 4. The van der Waals surface area contributed by atoms with Gasteiger partial charge in [-0.3, -0.25) is 4.79 Å². The molecule has 0 aliphatic heterocycles. The van der Waals surface area contributed by atoms with Crippen LogP contribution >= 0.6 is 11.6 Å². The number of anilines is 1. The third kappa shape index (κ3) is 3.49. The fourth-order valence-electron chi connectivity index (χ4n) is 1.18. The van der Waals surface area contributed by atoms with Crippen molar-refractivity contribution in [3.8, 4) is 0 Å². The molecule has 0 atom stereocenters. The minimum absolute atomic E-state index is 0.0864. The third-order valence-electron chi connectivity index (χ3n) is 2.12. The van der Waals surface area contributed by atoms with Crippen molar-refractivity contribution in [1.29, 1.82) is 0 Å². The molecule has 1 saturated carbocycles. The summed E-state index contributed by atoms with van der Waals surface area (Å²) in [4.78, 5) is 15.4. The van der Waals surface area contributed by atoms with Gasteiger partial charge in [-0.1, -0.05) is 11.6 Å². The number of halogens is 1. The molecule has 1 aliphatic carbocycles. The zero-order valence-corrected chi connectivity index (χ0v) is 8.92. The second-order valence-electron chi connectivity index (χ2n) is 3.56. The summed E-state index contributed by atoms with van der Waals surface area (Å²) in [6, 6.07) is 3.82. The molecule has 0 aromatic carbocycles. The van der Waals surface area contributed by atoms with Crippen molar-refractivity contribution in [2.24, 2.45) is 0 Å². The average Bonchev–Trinajstić information content (AvgIpc) is 2.98. The predicted octanol–water partition coefficient (Wildman–Crippen LogP) is 1.43. The first-order valence-electron chi connectivity index (χ1n) is 4.89. The van der Waals surface area contributed by atoms with Crippen LogP contribution in [0.3, 0.4) is 0 Å². The second-order valence-corrected chi connectivity index (χ2v) is 4.00. The number of nitrogens with zero attached hydrogens (tertiary/aromatic N) is 1. The van der Waals surface area contributed by atoms with Crippen LogP contribution in [0.25, 0.3) is 0 Å². The lowest BCUT2D eigenvalue weighted by atomic mass is 10.4. The van der Waals surface area contributed by atoms with Crippen LogP contribution in [0, 0.1) is 0 Å². The van der Waals surface area contributed by atoms with E-state index in [4.69, 9.17) is 11.6 Å². The van der Waals surface area contributed by atoms with Crippen LogP contribution in [0.2, 0.25) is 5.02 Å². The topological polar surface area (TPSA) is 54.0 Å². The first-order chi connectivity index (χ1) is 7.24. The summed E-state index contributed by atoms with van der Waals surface area (Å²) in [7, 11) is 0. The summed E-state index contributed by atoms with van der Waals surface area (Å²) in [5, 5.41) is 6.35. The largest absolute Gasteiger partial charge is 0.310 e. The number of amides is 1. The molecule has 0 saturated heterocycles. The van der Waals surface area contributed by atoms with E-state index < -0.39 is 0 Å². The van der Waals surface area contributed by atoms with Gasteiger partial charge >= 0.3 is 0 Å². The van der Waals surface area contributed by atoms with Gasteiger partial charge in [0.15, 0.2) is 0 Å². The molecule has 1 fully saturated rings. The van der Waals surface area contributed by atoms with Gasteiger partial charge in [0.2, 0.25) is 5.91 Å². The lowest BCUT2D eigenvalue weighted by Crippen LogP contribution is -2.29. The van der Waals surface area contributed by atoms with Crippen molar-refractivity contribution in [2.75, 3.05) is 11.9 Å². The van der Waals surface area contributed by atoms with E-state index in [0.29, 0.717) is 23.4 Å². The average molecular weight is 226 g/mol. The summed E-state index contributed by atoms with van der Waals surface area (Å²) in [6.45, 7) is 0.332. The number of aromatic nitrogens is 1. The van der Waals surface area contributed by atoms with Crippen LogP contribution in [0.4, 0.5) is 5.82 Å². The molecular formula is C10H12ClN3O. The Morgan fingerprint density at radius 3 is 3.07 bits per heavy atom. The Kier molecular flexibility index (Phi) is 3.18. The highest BCUT2D eigenvalue weighted by Crippen LogP contribution is 2.18. The van der Waals surface area contributed by atoms with Gasteiger partial charge in [-0.25, -0.2) is 4.98 Å². The summed E-state index contributed by atoms with van der Waals surface area (Å²) in [5.74, 6) is 0.404. The summed E-state index contributed by atoms with van der Waals surface area (Å²) in [5.41, 5.74) is 0. The SMILES string of the molecule is O=C(CNC1CC1)Nc1cc(Cl)ccn1. The Morgan fingerprint density at radius 1 is 1.60 bits per heavy atom. The Labute approximate surface area is 93.0 Å². The van der Waals surface area contributed by atoms with E-state index in [1.807, 2.05) is 0 Å². The molecule has 0 unspecified atom stereocenters. The van der Waals surface area contributed by atoms with Gasteiger partial charge in [-0.15, -0.1) is 0 Å². The van der Waals surface area contributed by atoms with Gasteiger partial charge in [0.1, 0.15) is 5.82 Å². The third-order valence-corrected chi connectivity index (χ3v) is 2.35. The molecule has 80 valence electrons. The maximum absolute atomic E-state index is 11.4. The highest BCUT2D eigenvalue weighted by Gasteiger charge is 2.21. The number of nitrogens with one attached hydrogen (secondary N) is 2. The summed E-state index contributed by atoms with van der Waals surface area (Å²) in [6.07, 6.45) is 3.90. The molecule has 5 heteroatoms. The Hall–Kier alpha value is -1.13. The molecule has 1 amide bonds. The summed E-state index contributed by atoms with van der Waals surface area (Å²) >= 11 is 5.76. The maximum atomic E-state index is 11.4. The van der Waals surface area contributed by atoms with Gasteiger partial charge in [-0.2, -0.15) is 0 Å². The maximum Gasteiger partial charge on any atom is 0.239 e. The van der Waals surface area contributed by atoms with Crippen LogP contribution in [-0.2, 0) is 4.79 Å². The number of carbonyl (C=O) groups excluding carboxylic acids is 1. The monoisotopic (exact) mass is 225 g/mol. The number of hydrogen-bond acceptors (Lipinski definition) is 3. The van der Waals surface area contributed by atoms with Gasteiger partial charge < -0.3 is 10.6 Å². The van der Waals surface area contributed by atoms with Crippen molar-refractivity contribution < 1.29 is 4.79 Å². The normalized spacial score (nSPS) is 15.0. The summed E-state index contributed by atoms with van der Waals surface area (Å²) < 4.78 is 0. The molecule has 0 radical (unpaired) electrons. The van der Waals surface area contributed by atoms with E-state index in [-0.39, 0.29) is 5.91 Å². The molecule has 1 aromatic heterocycles. The van der Waals surface area contributed by atoms with Crippen molar-refractivity contribution in [2.45, 2.75) is 18.9 Å². The zero-order chi connectivity index (χ0) is 10.7. The van der Waals surface area contributed by atoms with Crippen molar-refractivity contribution in [3.05, 3.63) is 23.4 Å². The van der Waals surface area contributed by atoms with Crippen LogP contribution in [-0.4, -0.2) is 23.5 Å². The Bertz CT molecular complexity index is 365. The zero-order valence-electron chi connectivity index (χ0n) is 8.16. The fourth-order valence-corrected chi connectivity index (χ4v) is 1.34. The first kappa shape index (κ1) is 10.4. The van der Waals surface area contributed by atoms with Gasteiger partial charge in [-0.05, 0) is 25.0 Å². The molecule has 4 nitrogen and oxygen atoms in total. The highest BCUT2D eigenvalue weighted by atomic mass is 35.5. The van der Waals surface area contributed by atoms with E-state index >= 15 is 0 Å². The smallest absolute Gasteiger partial charge is 0.239 e.